The summed E-state index contributed by atoms with van der Waals surface area (Å²) in [4.78, 5) is 16.9. The first kappa shape index (κ1) is 13.3. The van der Waals surface area contributed by atoms with Gasteiger partial charge in [-0.1, -0.05) is 24.3 Å². The molecule has 104 valence electrons. The molecule has 1 heterocycles. The Morgan fingerprint density at radius 3 is 2.67 bits per heavy atom. The fourth-order valence-corrected chi connectivity index (χ4v) is 2.27. The average Bonchev–Trinajstić information content (AvgIpc) is 2.90. The number of carbonyl (C=O) groups is 1. The van der Waals surface area contributed by atoms with Gasteiger partial charge in [0.2, 0.25) is 0 Å². The minimum absolute atomic E-state index is 0.116. The Morgan fingerprint density at radius 1 is 1.14 bits per heavy atom. The van der Waals surface area contributed by atoms with Gasteiger partial charge in [0, 0.05) is 0 Å². The van der Waals surface area contributed by atoms with E-state index in [1.54, 1.807) is 18.2 Å². The number of imidazole rings is 1. The number of rotatable bonds is 2. The molecule has 0 atom stereocenters. The van der Waals surface area contributed by atoms with Crippen LogP contribution in [0.25, 0.3) is 11.0 Å². The quantitative estimate of drug-likeness (QED) is 0.710. The van der Waals surface area contributed by atoms with Crippen molar-refractivity contribution < 1.29 is 4.79 Å². The number of nitrogens with zero attached hydrogens (tertiary/aromatic N) is 2. The van der Waals surface area contributed by atoms with Gasteiger partial charge in [-0.3, -0.25) is 9.36 Å². The van der Waals surface area contributed by atoms with E-state index in [1.165, 1.54) is 10.9 Å². The highest BCUT2D eigenvalue weighted by Gasteiger charge is 2.15. The van der Waals surface area contributed by atoms with Crippen molar-refractivity contribution in [1.82, 2.24) is 9.55 Å². The fourth-order valence-electron chi connectivity index (χ4n) is 2.16. The molecule has 0 radical (unpaired) electrons. The summed E-state index contributed by atoms with van der Waals surface area (Å²) < 4.78 is 1.51. The number of carbonyl (C=O) groups excluding carboxylic acids is 1. The molecule has 5 nitrogen and oxygen atoms in total. The van der Waals surface area contributed by atoms with Crippen LogP contribution >= 0.6 is 12.2 Å². The van der Waals surface area contributed by atoms with Crippen LogP contribution < -0.4 is 11.1 Å². The summed E-state index contributed by atoms with van der Waals surface area (Å²) in [5, 5.41) is 2.94. The number of nitrogens with two attached hydrogens (primary N) is 1. The number of fused-ring (bicyclic) bond motifs is 1. The van der Waals surface area contributed by atoms with Gasteiger partial charge in [-0.15, -0.1) is 0 Å². The third kappa shape index (κ3) is 2.48. The van der Waals surface area contributed by atoms with Crippen molar-refractivity contribution in [1.29, 1.82) is 0 Å². The van der Waals surface area contributed by atoms with Crippen molar-refractivity contribution in [2.75, 3.05) is 5.32 Å². The van der Waals surface area contributed by atoms with Gasteiger partial charge in [-0.05, 0) is 36.5 Å². The number of anilines is 1. The van der Waals surface area contributed by atoms with E-state index in [9.17, 15) is 4.79 Å². The molecule has 0 fully saturated rings. The smallest absolute Gasteiger partial charge is 0.265 e. The first-order valence-corrected chi connectivity index (χ1v) is 6.70. The molecular formula is C15H12N4OS. The average molecular weight is 296 g/mol. The van der Waals surface area contributed by atoms with Crippen molar-refractivity contribution in [2.45, 2.75) is 0 Å². The zero-order valence-electron chi connectivity index (χ0n) is 11.0. The Morgan fingerprint density at radius 2 is 1.86 bits per heavy atom. The van der Waals surface area contributed by atoms with Gasteiger partial charge in [0.15, 0.2) is 5.11 Å². The van der Waals surface area contributed by atoms with E-state index in [4.69, 9.17) is 18.0 Å². The van der Waals surface area contributed by atoms with Gasteiger partial charge in [-0.25, -0.2) is 4.98 Å². The molecule has 0 unspecified atom stereocenters. The maximum absolute atomic E-state index is 12.7. The van der Waals surface area contributed by atoms with Crippen molar-refractivity contribution in [3.63, 3.8) is 0 Å². The summed E-state index contributed by atoms with van der Waals surface area (Å²) >= 11 is 4.84. The van der Waals surface area contributed by atoms with E-state index in [0.29, 0.717) is 11.3 Å². The van der Waals surface area contributed by atoms with Crippen LogP contribution in [-0.4, -0.2) is 20.6 Å². The maximum atomic E-state index is 12.7. The third-order valence-electron chi connectivity index (χ3n) is 3.09. The van der Waals surface area contributed by atoms with Crippen LogP contribution in [0, 0.1) is 0 Å². The normalized spacial score (nSPS) is 10.5. The van der Waals surface area contributed by atoms with E-state index in [1.807, 2.05) is 30.3 Å². The number of thiocarbonyl (C=S) groups is 1. The fraction of sp³-hybridized carbons (Fsp3) is 0. The predicted octanol–water partition coefficient (Wildman–Crippen LogP) is 2.38. The van der Waals surface area contributed by atoms with Gasteiger partial charge < -0.3 is 11.1 Å². The van der Waals surface area contributed by atoms with E-state index < -0.39 is 0 Å². The third-order valence-corrected chi connectivity index (χ3v) is 3.19. The van der Waals surface area contributed by atoms with Gasteiger partial charge in [0.05, 0.1) is 22.3 Å². The molecule has 0 aliphatic rings. The summed E-state index contributed by atoms with van der Waals surface area (Å²) in [6.07, 6.45) is 1.52. The zero-order valence-corrected chi connectivity index (χ0v) is 11.8. The molecule has 0 aliphatic heterocycles. The highest BCUT2D eigenvalue weighted by Crippen LogP contribution is 2.19. The van der Waals surface area contributed by atoms with E-state index >= 15 is 0 Å². The predicted molar refractivity (Wildman–Crippen MR) is 86.3 cm³/mol. The summed E-state index contributed by atoms with van der Waals surface area (Å²) in [6, 6.07) is 14.5. The molecular weight excluding hydrogens is 284 g/mol. The SMILES string of the molecule is NC(=S)Nc1ccccc1C(=O)n1cnc2ccccc21. The summed E-state index contributed by atoms with van der Waals surface area (Å²) in [7, 11) is 0. The first-order chi connectivity index (χ1) is 10.2. The van der Waals surface area contributed by atoms with Crippen LogP contribution in [0.3, 0.4) is 0 Å². The monoisotopic (exact) mass is 296 g/mol. The summed E-state index contributed by atoms with van der Waals surface area (Å²) in [5.41, 5.74) is 8.08. The number of benzene rings is 2. The second kappa shape index (κ2) is 5.34. The lowest BCUT2D eigenvalue weighted by Crippen LogP contribution is -2.22. The molecule has 3 rings (SSSR count). The molecule has 0 aliphatic carbocycles. The van der Waals surface area contributed by atoms with Crippen LogP contribution in [-0.2, 0) is 0 Å². The standard InChI is InChI=1S/C15H12N4OS/c16-15(21)18-11-6-2-1-5-10(11)14(20)19-9-17-12-7-3-4-8-13(12)19/h1-9H,(H3,16,18,21). The second-order valence-corrected chi connectivity index (χ2v) is 4.88. The highest BCUT2D eigenvalue weighted by atomic mass is 32.1. The van der Waals surface area contributed by atoms with Gasteiger partial charge in [-0.2, -0.15) is 0 Å². The van der Waals surface area contributed by atoms with Crippen molar-refractivity contribution in [3.05, 3.63) is 60.4 Å². The van der Waals surface area contributed by atoms with E-state index in [2.05, 4.69) is 10.3 Å². The molecule has 6 heteroatoms. The lowest BCUT2D eigenvalue weighted by molar-refractivity contribution is 0.0965. The number of hydrogen-bond acceptors (Lipinski definition) is 3. The number of para-hydroxylation sites is 3. The lowest BCUT2D eigenvalue weighted by atomic mass is 10.1. The summed E-state index contributed by atoms with van der Waals surface area (Å²) in [5.74, 6) is -0.192. The van der Waals surface area contributed by atoms with Gasteiger partial charge in [0.25, 0.3) is 5.91 Å². The Kier molecular flexibility index (Phi) is 3.37. The van der Waals surface area contributed by atoms with Crippen LogP contribution in [0.15, 0.2) is 54.9 Å². The molecule has 0 amide bonds. The Labute approximate surface area is 126 Å². The molecule has 0 spiro atoms. The molecule has 0 saturated carbocycles. The van der Waals surface area contributed by atoms with Crippen LogP contribution in [0.4, 0.5) is 5.69 Å². The summed E-state index contributed by atoms with van der Waals surface area (Å²) in [6.45, 7) is 0. The topological polar surface area (TPSA) is 72.9 Å². The number of hydrogen-bond donors (Lipinski definition) is 2. The Hall–Kier alpha value is -2.73. The van der Waals surface area contributed by atoms with Crippen LogP contribution in [0.1, 0.15) is 10.4 Å². The lowest BCUT2D eigenvalue weighted by Gasteiger charge is -2.10. The first-order valence-electron chi connectivity index (χ1n) is 6.29. The van der Waals surface area contributed by atoms with E-state index in [-0.39, 0.29) is 11.0 Å². The largest absolute Gasteiger partial charge is 0.376 e. The van der Waals surface area contributed by atoms with Gasteiger partial charge in [0.1, 0.15) is 6.33 Å². The molecule has 21 heavy (non-hydrogen) atoms. The number of nitrogens with one attached hydrogen (secondary N) is 1. The van der Waals surface area contributed by atoms with E-state index in [0.717, 1.165) is 11.0 Å². The minimum Gasteiger partial charge on any atom is -0.376 e. The van der Waals surface area contributed by atoms with Crippen molar-refractivity contribution >= 4 is 40.0 Å². The molecule has 3 aromatic rings. The molecule has 2 aromatic carbocycles. The Bertz CT molecular complexity index is 840. The molecule has 1 aromatic heterocycles. The van der Waals surface area contributed by atoms with Crippen molar-refractivity contribution in [3.8, 4) is 0 Å². The minimum atomic E-state index is -0.192. The highest BCUT2D eigenvalue weighted by molar-refractivity contribution is 7.80. The molecule has 0 saturated heterocycles. The second-order valence-electron chi connectivity index (χ2n) is 4.44. The number of aromatic nitrogens is 2. The Balaban J connectivity index is 2.08. The van der Waals surface area contributed by atoms with Crippen molar-refractivity contribution in [2.24, 2.45) is 5.73 Å². The maximum Gasteiger partial charge on any atom is 0.265 e. The zero-order chi connectivity index (χ0) is 14.8. The van der Waals surface area contributed by atoms with Gasteiger partial charge >= 0.3 is 0 Å². The molecule has 3 N–H and O–H groups in total. The van der Waals surface area contributed by atoms with Crippen LogP contribution in [0.5, 0.6) is 0 Å². The molecule has 0 bridgehead atoms. The van der Waals surface area contributed by atoms with Crippen LogP contribution in [0.2, 0.25) is 0 Å².